The van der Waals surface area contributed by atoms with E-state index in [4.69, 9.17) is 25.8 Å². The summed E-state index contributed by atoms with van der Waals surface area (Å²) in [5.41, 5.74) is 3.22. The Morgan fingerprint density at radius 2 is 1.61 bits per heavy atom. The number of hydrogen-bond donors (Lipinski definition) is 1. The van der Waals surface area contributed by atoms with Gasteiger partial charge in [-0.2, -0.15) is 0 Å². The fraction of sp³-hybridized carbons (Fsp3) is 0.182. The molecule has 1 aliphatic heterocycles. The fourth-order valence-electron chi connectivity index (χ4n) is 2.95. The predicted molar refractivity (Wildman–Crippen MR) is 113 cm³/mol. The van der Waals surface area contributed by atoms with Gasteiger partial charge < -0.3 is 19.5 Å². The summed E-state index contributed by atoms with van der Waals surface area (Å²) in [5, 5.41) is 4.18. The molecule has 0 bridgehead atoms. The molecule has 1 N–H and O–H groups in total. The van der Waals surface area contributed by atoms with Crippen molar-refractivity contribution in [3.05, 3.63) is 88.4 Å². The molecule has 4 rings (SSSR count). The lowest BCUT2D eigenvalue weighted by atomic mass is 10.1. The lowest BCUT2D eigenvalue weighted by Gasteiger charge is -2.13. The van der Waals surface area contributed by atoms with Crippen molar-refractivity contribution in [2.24, 2.45) is 0 Å². The molecule has 4 nitrogen and oxygen atoms in total. The van der Waals surface area contributed by atoms with Gasteiger partial charge in [0.05, 0.1) is 0 Å². The summed E-state index contributed by atoms with van der Waals surface area (Å²) in [7, 11) is 0. The Hall–Kier alpha value is -2.40. The van der Waals surface area contributed by atoms with E-state index in [9.17, 15) is 0 Å². The maximum absolute atomic E-state index is 6.21. The minimum absolute atomic E-state index is 0. The average Bonchev–Trinajstić information content (AvgIpc) is 3.16. The van der Waals surface area contributed by atoms with Crippen LogP contribution < -0.4 is 19.5 Å². The molecule has 0 fully saturated rings. The third-order valence-corrected chi connectivity index (χ3v) is 4.76. The predicted octanol–water partition coefficient (Wildman–Crippen LogP) is 5.36. The van der Waals surface area contributed by atoms with Gasteiger partial charge in [-0.05, 0) is 29.8 Å². The van der Waals surface area contributed by atoms with Crippen LogP contribution in [0.25, 0.3) is 0 Å². The number of nitrogens with one attached hydrogen (secondary N) is 1. The van der Waals surface area contributed by atoms with Gasteiger partial charge in [0.1, 0.15) is 12.4 Å². The number of ether oxygens (including phenoxy) is 3. The molecule has 0 amide bonds. The van der Waals surface area contributed by atoms with Crippen LogP contribution in [0, 0.1) is 0 Å². The molecule has 6 heteroatoms. The van der Waals surface area contributed by atoms with E-state index >= 15 is 0 Å². The molecule has 3 aromatic rings. The zero-order chi connectivity index (χ0) is 18.5. The number of benzene rings is 3. The summed E-state index contributed by atoms with van der Waals surface area (Å²) < 4.78 is 16.8. The molecule has 0 atom stereocenters. The summed E-state index contributed by atoms with van der Waals surface area (Å²) >= 11 is 6.21. The third kappa shape index (κ3) is 4.90. The van der Waals surface area contributed by atoms with Crippen molar-refractivity contribution in [2.45, 2.75) is 19.7 Å². The maximum Gasteiger partial charge on any atom is 0.231 e. The zero-order valence-electron chi connectivity index (χ0n) is 15.2. The normalized spacial score (nSPS) is 11.8. The van der Waals surface area contributed by atoms with Crippen molar-refractivity contribution in [1.29, 1.82) is 0 Å². The van der Waals surface area contributed by atoms with Gasteiger partial charge in [0, 0.05) is 29.2 Å². The fourth-order valence-corrected chi connectivity index (χ4v) is 3.14. The molecule has 0 unspecified atom stereocenters. The van der Waals surface area contributed by atoms with Crippen LogP contribution in [0.3, 0.4) is 0 Å². The molecular weight excluding hydrogens is 397 g/mol. The Balaban J connectivity index is 0.00000225. The van der Waals surface area contributed by atoms with Crippen LogP contribution in [0.2, 0.25) is 5.02 Å². The largest absolute Gasteiger partial charge is 0.489 e. The molecule has 0 saturated carbocycles. The Kier molecular flexibility index (Phi) is 7.04. The van der Waals surface area contributed by atoms with Gasteiger partial charge in [-0.1, -0.05) is 54.1 Å². The van der Waals surface area contributed by atoms with Crippen LogP contribution in [0.4, 0.5) is 0 Å². The first-order valence-electron chi connectivity index (χ1n) is 8.83. The summed E-state index contributed by atoms with van der Waals surface area (Å²) in [6.45, 7) is 2.17. The van der Waals surface area contributed by atoms with Crippen molar-refractivity contribution in [1.82, 2.24) is 5.32 Å². The molecule has 0 aromatic heterocycles. The highest BCUT2D eigenvalue weighted by molar-refractivity contribution is 6.31. The van der Waals surface area contributed by atoms with E-state index in [0.717, 1.165) is 45.5 Å². The van der Waals surface area contributed by atoms with Gasteiger partial charge in [0.25, 0.3) is 0 Å². The Morgan fingerprint density at radius 1 is 0.857 bits per heavy atom. The van der Waals surface area contributed by atoms with Crippen LogP contribution in [0.5, 0.6) is 17.2 Å². The van der Waals surface area contributed by atoms with Crippen LogP contribution in [0.1, 0.15) is 16.7 Å². The Morgan fingerprint density at radius 3 is 2.46 bits per heavy atom. The summed E-state index contributed by atoms with van der Waals surface area (Å²) in [4.78, 5) is 0. The van der Waals surface area contributed by atoms with Gasteiger partial charge in [0.15, 0.2) is 11.5 Å². The Bertz CT molecular complexity index is 933. The number of rotatable bonds is 7. The molecule has 146 valence electrons. The molecule has 1 aliphatic rings. The minimum atomic E-state index is 0. The highest BCUT2D eigenvalue weighted by atomic mass is 35.5. The van der Waals surface area contributed by atoms with Crippen molar-refractivity contribution in [2.75, 3.05) is 6.79 Å². The van der Waals surface area contributed by atoms with Crippen molar-refractivity contribution >= 4 is 24.0 Å². The topological polar surface area (TPSA) is 39.7 Å². The number of para-hydroxylation sites is 1. The van der Waals surface area contributed by atoms with Crippen LogP contribution in [-0.4, -0.2) is 6.79 Å². The first-order chi connectivity index (χ1) is 13.3. The number of fused-ring (bicyclic) bond motifs is 1. The van der Waals surface area contributed by atoms with Crippen LogP contribution in [-0.2, 0) is 19.7 Å². The zero-order valence-corrected chi connectivity index (χ0v) is 16.8. The van der Waals surface area contributed by atoms with E-state index in [1.807, 2.05) is 60.7 Å². The van der Waals surface area contributed by atoms with E-state index < -0.39 is 0 Å². The first kappa shape index (κ1) is 20.3. The van der Waals surface area contributed by atoms with Crippen molar-refractivity contribution < 1.29 is 14.2 Å². The van der Waals surface area contributed by atoms with Gasteiger partial charge in [-0.3, -0.25) is 0 Å². The molecule has 28 heavy (non-hydrogen) atoms. The quantitative estimate of drug-likeness (QED) is 0.561. The van der Waals surface area contributed by atoms with Crippen LogP contribution >= 0.6 is 24.0 Å². The molecule has 3 aromatic carbocycles. The van der Waals surface area contributed by atoms with E-state index in [1.54, 1.807) is 0 Å². The molecule has 0 spiro atoms. The van der Waals surface area contributed by atoms with E-state index in [2.05, 4.69) is 11.4 Å². The highest BCUT2D eigenvalue weighted by Gasteiger charge is 2.13. The minimum Gasteiger partial charge on any atom is -0.489 e. The molecular formula is C22H21Cl2NO3. The van der Waals surface area contributed by atoms with Crippen molar-refractivity contribution in [3.63, 3.8) is 0 Å². The standard InChI is InChI=1S/C22H20ClNO3.ClH/c23-19-7-3-1-6-18(19)14-25-20-8-4-2-5-17(20)13-24-12-16-9-10-21-22(11-16)27-15-26-21;/h1-11,24H,12-15H2;1H. The average molecular weight is 418 g/mol. The first-order valence-corrected chi connectivity index (χ1v) is 9.21. The molecule has 0 saturated heterocycles. The second kappa shape index (κ2) is 9.69. The summed E-state index contributed by atoms with van der Waals surface area (Å²) in [6.07, 6.45) is 0. The van der Waals surface area contributed by atoms with Gasteiger partial charge in [-0.25, -0.2) is 0 Å². The lowest BCUT2D eigenvalue weighted by Crippen LogP contribution is -2.13. The lowest BCUT2D eigenvalue weighted by molar-refractivity contribution is 0.174. The SMILES string of the molecule is Cl.Clc1ccccc1COc1ccccc1CNCc1ccc2c(c1)OCO2. The van der Waals surface area contributed by atoms with E-state index in [1.165, 1.54) is 0 Å². The van der Waals surface area contributed by atoms with E-state index in [-0.39, 0.29) is 12.4 Å². The second-order valence-electron chi connectivity index (χ2n) is 6.28. The highest BCUT2D eigenvalue weighted by Crippen LogP contribution is 2.32. The van der Waals surface area contributed by atoms with Gasteiger partial charge in [0.2, 0.25) is 6.79 Å². The third-order valence-electron chi connectivity index (χ3n) is 4.40. The van der Waals surface area contributed by atoms with Gasteiger partial charge in [-0.15, -0.1) is 12.4 Å². The molecule has 1 heterocycles. The smallest absolute Gasteiger partial charge is 0.231 e. The Labute approximate surface area is 175 Å². The summed E-state index contributed by atoms with van der Waals surface area (Å²) in [5.74, 6) is 2.46. The van der Waals surface area contributed by atoms with Gasteiger partial charge >= 0.3 is 0 Å². The van der Waals surface area contributed by atoms with E-state index in [0.29, 0.717) is 19.9 Å². The molecule has 0 aliphatic carbocycles. The number of halogens is 2. The maximum atomic E-state index is 6.21. The summed E-state index contributed by atoms with van der Waals surface area (Å²) in [6, 6.07) is 21.8. The second-order valence-corrected chi connectivity index (χ2v) is 6.69. The van der Waals surface area contributed by atoms with Crippen LogP contribution in [0.15, 0.2) is 66.7 Å². The monoisotopic (exact) mass is 417 g/mol. The number of hydrogen-bond acceptors (Lipinski definition) is 4. The molecule has 0 radical (unpaired) electrons. The van der Waals surface area contributed by atoms with Crippen molar-refractivity contribution in [3.8, 4) is 17.2 Å².